The van der Waals surface area contributed by atoms with Crippen LogP contribution >= 0.6 is 0 Å². The third kappa shape index (κ3) is 3.85. The Hall–Kier alpha value is -1.34. The van der Waals surface area contributed by atoms with Gasteiger partial charge in [-0.1, -0.05) is 6.92 Å². The summed E-state index contributed by atoms with van der Waals surface area (Å²) in [5, 5.41) is 13.3. The topological polar surface area (TPSA) is 44.9 Å². The smallest absolute Gasteiger partial charge is 0.0635 e. The van der Waals surface area contributed by atoms with Crippen molar-refractivity contribution in [3.05, 3.63) is 17.5 Å². The van der Waals surface area contributed by atoms with Crippen molar-refractivity contribution >= 4 is 0 Å². The second-order valence-electron chi connectivity index (χ2n) is 4.77. The van der Waals surface area contributed by atoms with Gasteiger partial charge in [0.15, 0.2) is 0 Å². The van der Waals surface area contributed by atoms with Gasteiger partial charge in [-0.25, -0.2) is 0 Å². The molecule has 0 radical (unpaired) electrons. The first kappa shape index (κ1) is 14.7. The fourth-order valence-corrected chi connectivity index (χ4v) is 2.01. The molecular formula is C14H24N4. The van der Waals surface area contributed by atoms with Crippen LogP contribution in [-0.4, -0.2) is 27.3 Å². The molecule has 1 aromatic rings. The lowest BCUT2D eigenvalue weighted by Gasteiger charge is -2.25. The molecule has 0 aromatic carbocycles. The van der Waals surface area contributed by atoms with E-state index in [9.17, 15) is 0 Å². The molecule has 0 N–H and O–H groups in total. The Labute approximate surface area is 110 Å². The average molecular weight is 248 g/mol. The molecule has 0 spiro atoms. The van der Waals surface area contributed by atoms with Gasteiger partial charge in [0, 0.05) is 32.1 Å². The standard InChI is InChI=1S/C14H24N4/c1-5-13-10-14(18(6-2)16-13)11-17(12(3)4)9-7-8-15/h10,12H,5-7,9,11H2,1-4H3. The third-order valence-electron chi connectivity index (χ3n) is 3.18. The predicted octanol–water partition coefficient (Wildman–Crippen LogP) is 2.59. The highest BCUT2D eigenvalue weighted by Gasteiger charge is 2.13. The molecule has 18 heavy (non-hydrogen) atoms. The summed E-state index contributed by atoms with van der Waals surface area (Å²) in [5.41, 5.74) is 2.40. The highest BCUT2D eigenvalue weighted by atomic mass is 15.3. The van der Waals surface area contributed by atoms with Crippen LogP contribution in [0, 0.1) is 11.3 Å². The molecule has 4 nitrogen and oxygen atoms in total. The molecule has 0 atom stereocenters. The van der Waals surface area contributed by atoms with Gasteiger partial charge in [-0.2, -0.15) is 10.4 Å². The highest BCUT2D eigenvalue weighted by Crippen LogP contribution is 2.11. The normalized spacial score (nSPS) is 11.2. The monoisotopic (exact) mass is 248 g/mol. The van der Waals surface area contributed by atoms with Crippen LogP contribution in [0.3, 0.4) is 0 Å². The van der Waals surface area contributed by atoms with Crippen LogP contribution < -0.4 is 0 Å². The van der Waals surface area contributed by atoms with Crippen LogP contribution in [-0.2, 0) is 19.5 Å². The van der Waals surface area contributed by atoms with Crippen molar-refractivity contribution < 1.29 is 0 Å². The number of hydrogen-bond donors (Lipinski definition) is 0. The lowest BCUT2D eigenvalue weighted by atomic mass is 10.2. The summed E-state index contributed by atoms with van der Waals surface area (Å²) < 4.78 is 2.07. The van der Waals surface area contributed by atoms with Crippen molar-refractivity contribution in [2.75, 3.05) is 6.54 Å². The first-order chi connectivity index (χ1) is 8.62. The molecule has 0 saturated heterocycles. The van der Waals surface area contributed by atoms with Gasteiger partial charge >= 0.3 is 0 Å². The van der Waals surface area contributed by atoms with Crippen molar-refractivity contribution in [1.29, 1.82) is 5.26 Å². The molecule has 0 amide bonds. The van der Waals surface area contributed by atoms with Gasteiger partial charge in [0.25, 0.3) is 0 Å². The van der Waals surface area contributed by atoms with E-state index in [2.05, 4.69) is 54.5 Å². The zero-order valence-electron chi connectivity index (χ0n) is 12.0. The molecular weight excluding hydrogens is 224 g/mol. The van der Waals surface area contributed by atoms with E-state index < -0.39 is 0 Å². The molecule has 1 rings (SSSR count). The summed E-state index contributed by atoms with van der Waals surface area (Å²) in [5.74, 6) is 0. The molecule has 0 fully saturated rings. The minimum atomic E-state index is 0.448. The van der Waals surface area contributed by atoms with Gasteiger partial charge in [-0.05, 0) is 33.3 Å². The first-order valence-electron chi connectivity index (χ1n) is 6.78. The number of aryl methyl sites for hydroxylation is 2. The van der Waals surface area contributed by atoms with Crippen molar-refractivity contribution in [3.63, 3.8) is 0 Å². The second-order valence-corrected chi connectivity index (χ2v) is 4.77. The summed E-state index contributed by atoms with van der Waals surface area (Å²) in [6, 6.07) is 4.85. The van der Waals surface area contributed by atoms with Crippen LogP contribution in [0.25, 0.3) is 0 Å². The maximum Gasteiger partial charge on any atom is 0.0635 e. The molecule has 0 aliphatic carbocycles. The quantitative estimate of drug-likeness (QED) is 0.745. The molecule has 0 bridgehead atoms. The van der Waals surface area contributed by atoms with Crippen LogP contribution in [0.1, 0.15) is 45.5 Å². The largest absolute Gasteiger partial charge is 0.294 e. The Morgan fingerprint density at radius 3 is 2.67 bits per heavy atom. The molecule has 0 aliphatic rings. The highest BCUT2D eigenvalue weighted by molar-refractivity contribution is 5.10. The second kappa shape index (κ2) is 7.17. The third-order valence-corrected chi connectivity index (χ3v) is 3.18. The van der Waals surface area contributed by atoms with E-state index in [0.717, 1.165) is 31.7 Å². The summed E-state index contributed by atoms with van der Waals surface area (Å²) in [6.45, 7) is 11.2. The maximum absolute atomic E-state index is 8.71. The zero-order chi connectivity index (χ0) is 13.5. The fraction of sp³-hybridized carbons (Fsp3) is 0.714. The molecule has 100 valence electrons. The van der Waals surface area contributed by atoms with Gasteiger partial charge < -0.3 is 0 Å². The number of nitriles is 1. The molecule has 0 unspecified atom stereocenters. The summed E-state index contributed by atoms with van der Waals surface area (Å²) >= 11 is 0. The van der Waals surface area contributed by atoms with E-state index >= 15 is 0 Å². The number of nitrogens with zero attached hydrogens (tertiary/aromatic N) is 4. The maximum atomic E-state index is 8.71. The molecule has 4 heteroatoms. The Bertz CT molecular complexity index is 400. The van der Waals surface area contributed by atoms with E-state index in [1.165, 1.54) is 5.69 Å². The number of aromatic nitrogens is 2. The summed E-state index contributed by atoms with van der Waals surface area (Å²) in [4.78, 5) is 2.33. The van der Waals surface area contributed by atoms with E-state index in [0.29, 0.717) is 12.5 Å². The molecule has 1 heterocycles. The van der Waals surface area contributed by atoms with Crippen molar-refractivity contribution in [2.24, 2.45) is 0 Å². The Kier molecular flexibility index (Phi) is 5.87. The Morgan fingerprint density at radius 2 is 2.17 bits per heavy atom. The van der Waals surface area contributed by atoms with Gasteiger partial charge in [-0.15, -0.1) is 0 Å². The van der Waals surface area contributed by atoms with Crippen LogP contribution in [0.5, 0.6) is 0 Å². The van der Waals surface area contributed by atoms with E-state index in [-0.39, 0.29) is 0 Å². The van der Waals surface area contributed by atoms with Crippen molar-refractivity contribution in [1.82, 2.24) is 14.7 Å². The Balaban J connectivity index is 2.79. The number of hydrogen-bond acceptors (Lipinski definition) is 3. The van der Waals surface area contributed by atoms with E-state index in [1.54, 1.807) is 0 Å². The predicted molar refractivity (Wildman–Crippen MR) is 73.1 cm³/mol. The van der Waals surface area contributed by atoms with Gasteiger partial charge in [0.2, 0.25) is 0 Å². The van der Waals surface area contributed by atoms with Gasteiger partial charge in [0.1, 0.15) is 0 Å². The van der Waals surface area contributed by atoms with Crippen LogP contribution in [0.2, 0.25) is 0 Å². The summed E-state index contributed by atoms with van der Waals surface area (Å²) in [6.07, 6.45) is 1.55. The first-order valence-corrected chi connectivity index (χ1v) is 6.78. The number of rotatable bonds is 7. The van der Waals surface area contributed by atoms with E-state index in [4.69, 9.17) is 5.26 Å². The van der Waals surface area contributed by atoms with Crippen LogP contribution in [0.15, 0.2) is 6.07 Å². The van der Waals surface area contributed by atoms with Crippen molar-refractivity contribution in [2.45, 2.75) is 59.7 Å². The lowest BCUT2D eigenvalue weighted by Crippen LogP contribution is -2.32. The lowest BCUT2D eigenvalue weighted by molar-refractivity contribution is 0.211. The average Bonchev–Trinajstić information content (AvgIpc) is 2.76. The minimum Gasteiger partial charge on any atom is -0.294 e. The van der Waals surface area contributed by atoms with Crippen LogP contribution in [0.4, 0.5) is 0 Å². The molecule has 0 saturated carbocycles. The zero-order valence-corrected chi connectivity index (χ0v) is 12.0. The van der Waals surface area contributed by atoms with E-state index in [1.807, 2.05) is 0 Å². The summed E-state index contributed by atoms with van der Waals surface area (Å²) in [7, 11) is 0. The molecule has 0 aliphatic heterocycles. The van der Waals surface area contributed by atoms with Gasteiger partial charge in [-0.3, -0.25) is 9.58 Å². The van der Waals surface area contributed by atoms with Crippen molar-refractivity contribution in [3.8, 4) is 6.07 Å². The SMILES string of the molecule is CCc1cc(CN(CCC#N)C(C)C)n(CC)n1. The molecule has 1 aromatic heterocycles. The minimum absolute atomic E-state index is 0.448. The van der Waals surface area contributed by atoms with Gasteiger partial charge in [0.05, 0.1) is 17.5 Å². The Morgan fingerprint density at radius 1 is 1.44 bits per heavy atom. The fourth-order valence-electron chi connectivity index (χ4n) is 2.01.